The van der Waals surface area contributed by atoms with Gasteiger partial charge < -0.3 is 0 Å². The van der Waals surface area contributed by atoms with Gasteiger partial charge in [0.05, 0.1) is 28.6 Å². The second-order valence-corrected chi connectivity index (χ2v) is 8.99. The maximum absolute atomic E-state index is 13.8. The van der Waals surface area contributed by atoms with Crippen LogP contribution in [-0.2, 0) is 4.79 Å². The number of halogens is 2. The molecular weight excluding hydrogens is 507 g/mol. The molecule has 0 fully saturated rings. The van der Waals surface area contributed by atoms with Crippen molar-refractivity contribution in [2.24, 2.45) is 5.10 Å². The lowest BCUT2D eigenvalue weighted by Crippen LogP contribution is -2.24. The topological polar surface area (TPSA) is 76.3 Å². The number of hydrogen-bond acceptors (Lipinski definition) is 5. The first-order chi connectivity index (χ1) is 15.9. The van der Waals surface area contributed by atoms with Gasteiger partial charge in [-0.3, -0.25) is 14.2 Å². The van der Waals surface area contributed by atoms with Crippen LogP contribution in [-0.4, -0.2) is 27.4 Å². The van der Waals surface area contributed by atoms with E-state index in [9.17, 15) is 14.0 Å². The molecule has 3 aromatic carbocycles. The lowest BCUT2D eigenvalue weighted by molar-refractivity contribution is -0.118. The predicted octanol–water partition coefficient (Wildman–Crippen LogP) is 4.84. The molecule has 1 aromatic heterocycles. The van der Waals surface area contributed by atoms with Crippen molar-refractivity contribution in [2.75, 3.05) is 5.75 Å². The Morgan fingerprint density at radius 3 is 2.73 bits per heavy atom. The third kappa shape index (κ3) is 5.37. The third-order valence-electron chi connectivity index (χ3n) is 4.72. The van der Waals surface area contributed by atoms with Crippen molar-refractivity contribution in [3.63, 3.8) is 0 Å². The summed E-state index contributed by atoms with van der Waals surface area (Å²) in [4.78, 5) is 30.2. The average Bonchev–Trinajstić information content (AvgIpc) is 2.81. The van der Waals surface area contributed by atoms with Crippen molar-refractivity contribution >= 4 is 50.7 Å². The van der Waals surface area contributed by atoms with Crippen LogP contribution >= 0.6 is 27.7 Å². The van der Waals surface area contributed by atoms with E-state index in [0.29, 0.717) is 26.2 Å². The van der Waals surface area contributed by atoms with Crippen LogP contribution in [0.4, 0.5) is 4.39 Å². The van der Waals surface area contributed by atoms with E-state index in [1.54, 1.807) is 30.3 Å². The molecule has 1 heterocycles. The first kappa shape index (κ1) is 22.9. The van der Waals surface area contributed by atoms with Gasteiger partial charge in [0.1, 0.15) is 5.82 Å². The number of fused-ring (bicyclic) bond motifs is 1. The zero-order valence-electron chi connectivity index (χ0n) is 17.5. The Bertz CT molecular complexity index is 1420. The number of benzene rings is 3. The van der Waals surface area contributed by atoms with Crippen LogP contribution in [0.2, 0.25) is 0 Å². The van der Waals surface area contributed by atoms with Gasteiger partial charge in [-0.15, -0.1) is 0 Å². The summed E-state index contributed by atoms with van der Waals surface area (Å²) in [5.74, 6) is -0.896. The van der Waals surface area contributed by atoms with Crippen LogP contribution < -0.4 is 11.0 Å². The number of nitrogens with zero attached hydrogens (tertiary/aromatic N) is 3. The van der Waals surface area contributed by atoms with Crippen LogP contribution in [0.5, 0.6) is 0 Å². The highest BCUT2D eigenvalue weighted by Crippen LogP contribution is 2.21. The van der Waals surface area contributed by atoms with E-state index in [0.717, 1.165) is 17.3 Å². The molecule has 33 heavy (non-hydrogen) atoms. The standard InChI is InChI=1S/C24H18BrFN4O2S/c1-15-6-9-18(10-7-15)30-23(32)19-4-2-3-5-21(19)28-24(30)33-14-22(31)29-27-13-16-12-17(25)8-11-20(16)26/h2-13H,14H2,1H3,(H,29,31)/b27-13+. The van der Waals surface area contributed by atoms with E-state index in [1.807, 2.05) is 37.3 Å². The normalized spacial score (nSPS) is 11.2. The number of hydrazone groups is 1. The van der Waals surface area contributed by atoms with Gasteiger partial charge in [0, 0.05) is 10.0 Å². The Morgan fingerprint density at radius 2 is 1.94 bits per heavy atom. The molecule has 0 spiro atoms. The highest BCUT2D eigenvalue weighted by molar-refractivity contribution is 9.10. The second kappa shape index (κ2) is 10.1. The number of rotatable bonds is 6. The number of hydrogen-bond donors (Lipinski definition) is 1. The molecule has 0 radical (unpaired) electrons. The van der Waals surface area contributed by atoms with Crippen molar-refractivity contribution in [2.45, 2.75) is 12.1 Å². The van der Waals surface area contributed by atoms with E-state index < -0.39 is 11.7 Å². The van der Waals surface area contributed by atoms with Crippen molar-refractivity contribution in [1.82, 2.24) is 15.0 Å². The zero-order chi connectivity index (χ0) is 23.4. The number of aryl methyl sites for hydroxylation is 1. The molecule has 166 valence electrons. The quantitative estimate of drug-likeness (QED) is 0.169. The van der Waals surface area contributed by atoms with Gasteiger partial charge in [0.25, 0.3) is 11.5 Å². The maximum Gasteiger partial charge on any atom is 0.266 e. The van der Waals surface area contributed by atoms with E-state index in [4.69, 9.17) is 0 Å². The zero-order valence-corrected chi connectivity index (χ0v) is 19.9. The first-order valence-electron chi connectivity index (χ1n) is 9.91. The number of para-hydroxylation sites is 1. The van der Waals surface area contributed by atoms with Crippen molar-refractivity contribution < 1.29 is 9.18 Å². The summed E-state index contributed by atoms with van der Waals surface area (Å²) < 4.78 is 16.0. The molecule has 6 nitrogen and oxygen atoms in total. The SMILES string of the molecule is Cc1ccc(-n2c(SCC(=O)N/N=C/c3cc(Br)ccc3F)nc3ccccc3c2=O)cc1. The van der Waals surface area contributed by atoms with Crippen LogP contribution in [0, 0.1) is 12.7 Å². The molecule has 4 aromatic rings. The molecule has 0 aliphatic heterocycles. The van der Waals surface area contributed by atoms with Gasteiger partial charge in [0.2, 0.25) is 0 Å². The fraction of sp³-hybridized carbons (Fsp3) is 0.0833. The molecule has 0 bridgehead atoms. The summed E-state index contributed by atoms with van der Waals surface area (Å²) in [6, 6.07) is 19.0. The van der Waals surface area contributed by atoms with E-state index in [-0.39, 0.29) is 16.9 Å². The molecule has 1 N–H and O–H groups in total. The molecule has 9 heteroatoms. The van der Waals surface area contributed by atoms with Crippen LogP contribution in [0.15, 0.2) is 86.3 Å². The number of thioether (sulfide) groups is 1. The number of aromatic nitrogens is 2. The number of amides is 1. The molecule has 0 aliphatic rings. The summed E-state index contributed by atoms with van der Waals surface area (Å²) in [5, 5.41) is 4.71. The summed E-state index contributed by atoms with van der Waals surface area (Å²) in [6.07, 6.45) is 1.24. The second-order valence-electron chi connectivity index (χ2n) is 7.14. The highest BCUT2D eigenvalue weighted by Gasteiger charge is 2.14. The molecule has 4 rings (SSSR count). The molecule has 0 aliphatic carbocycles. The minimum Gasteiger partial charge on any atom is -0.272 e. The Kier molecular flexibility index (Phi) is 7.00. The van der Waals surface area contributed by atoms with Crippen molar-refractivity contribution in [3.8, 4) is 5.69 Å². The molecule has 0 saturated carbocycles. The van der Waals surface area contributed by atoms with E-state index in [1.165, 1.54) is 16.8 Å². The molecule has 0 atom stereocenters. The van der Waals surface area contributed by atoms with E-state index in [2.05, 4.69) is 31.4 Å². The Morgan fingerprint density at radius 1 is 1.18 bits per heavy atom. The lowest BCUT2D eigenvalue weighted by Gasteiger charge is -2.13. The molecular formula is C24H18BrFN4O2S. The fourth-order valence-corrected chi connectivity index (χ4v) is 4.26. The Hall–Kier alpha value is -3.30. The van der Waals surface area contributed by atoms with Crippen molar-refractivity contribution in [3.05, 3.63) is 98.5 Å². The van der Waals surface area contributed by atoms with Gasteiger partial charge >= 0.3 is 0 Å². The van der Waals surface area contributed by atoms with Crippen LogP contribution in [0.25, 0.3) is 16.6 Å². The summed E-state index contributed by atoms with van der Waals surface area (Å²) >= 11 is 4.39. The van der Waals surface area contributed by atoms with E-state index >= 15 is 0 Å². The van der Waals surface area contributed by atoms with Gasteiger partial charge in [-0.2, -0.15) is 5.10 Å². The van der Waals surface area contributed by atoms with Gasteiger partial charge in [-0.1, -0.05) is 57.5 Å². The minimum absolute atomic E-state index is 0.0328. The third-order valence-corrected chi connectivity index (χ3v) is 6.15. The van der Waals surface area contributed by atoms with Crippen LogP contribution in [0.3, 0.4) is 0 Å². The lowest BCUT2D eigenvalue weighted by atomic mass is 10.2. The minimum atomic E-state index is -0.451. The molecule has 1 amide bonds. The number of carbonyl (C=O) groups excluding carboxylic acids is 1. The monoisotopic (exact) mass is 524 g/mol. The van der Waals surface area contributed by atoms with Gasteiger partial charge in [-0.25, -0.2) is 14.8 Å². The number of carbonyl (C=O) groups is 1. The van der Waals surface area contributed by atoms with Gasteiger partial charge in [0.15, 0.2) is 5.16 Å². The molecule has 0 saturated heterocycles. The highest BCUT2D eigenvalue weighted by atomic mass is 79.9. The average molecular weight is 525 g/mol. The maximum atomic E-state index is 13.8. The Labute approximate surface area is 201 Å². The Balaban J connectivity index is 1.56. The molecule has 0 unspecified atom stereocenters. The van der Waals surface area contributed by atoms with Crippen molar-refractivity contribution in [1.29, 1.82) is 0 Å². The number of nitrogens with one attached hydrogen (secondary N) is 1. The predicted molar refractivity (Wildman–Crippen MR) is 133 cm³/mol. The fourth-order valence-electron chi connectivity index (χ4n) is 3.08. The first-order valence-corrected chi connectivity index (χ1v) is 11.7. The smallest absolute Gasteiger partial charge is 0.266 e. The largest absolute Gasteiger partial charge is 0.272 e. The summed E-state index contributed by atoms with van der Waals surface area (Å²) in [6.45, 7) is 1.96. The van der Waals surface area contributed by atoms with Gasteiger partial charge in [-0.05, 0) is 49.4 Å². The van der Waals surface area contributed by atoms with Crippen LogP contribution in [0.1, 0.15) is 11.1 Å². The summed E-state index contributed by atoms with van der Waals surface area (Å²) in [7, 11) is 0. The summed E-state index contributed by atoms with van der Waals surface area (Å²) in [5.41, 5.74) is 4.68.